The van der Waals surface area contributed by atoms with Gasteiger partial charge in [-0.2, -0.15) is 5.10 Å². The second-order valence-corrected chi connectivity index (χ2v) is 5.97. The first-order valence-corrected chi connectivity index (χ1v) is 7.29. The molecule has 0 amide bonds. The van der Waals surface area contributed by atoms with Crippen molar-refractivity contribution in [3.05, 3.63) is 40.3 Å². The van der Waals surface area contributed by atoms with E-state index >= 15 is 0 Å². The van der Waals surface area contributed by atoms with Crippen LogP contribution >= 0.6 is 15.9 Å². The van der Waals surface area contributed by atoms with E-state index < -0.39 is 0 Å². The molecule has 1 fully saturated rings. The van der Waals surface area contributed by atoms with Crippen LogP contribution < -0.4 is 4.90 Å². The van der Waals surface area contributed by atoms with Gasteiger partial charge in [-0.1, -0.05) is 0 Å². The van der Waals surface area contributed by atoms with Gasteiger partial charge in [0.2, 0.25) is 0 Å². The van der Waals surface area contributed by atoms with Gasteiger partial charge in [0.15, 0.2) is 0 Å². The minimum Gasteiger partial charge on any atom is -0.356 e. The zero-order chi connectivity index (χ0) is 13.4. The second-order valence-electron chi connectivity index (χ2n) is 5.12. The summed E-state index contributed by atoms with van der Waals surface area (Å²) in [5.74, 6) is 1.64. The third kappa shape index (κ3) is 2.52. The topological polar surface area (TPSA) is 34.0 Å². The zero-order valence-corrected chi connectivity index (χ0v) is 12.8. The van der Waals surface area contributed by atoms with Crippen molar-refractivity contribution in [2.75, 3.05) is 18.0 Å². The lowest BCUT2D eigenvalue weighted by Crippen LogP contribution is -2.20. The van der Waals surface area contributed by atoms with Crippen molar-refractivity contribution in [1.82, 2.24) is 14.8 Å². The first kappa shape index (κ1) is 12.7. The molecule has 1 atom stereocenters. The summed E-state index contributed by atoms with van der Waals surface area (Å²) in [7, 11) is 1.97. The maximum atomic E-state index is 4.65. The normalized spacial score (nSPS) is 19.1. The predicted octanol–water partition coefficient (Wildman–Crippen LogP) is 2.88. The molecule has 1 saturated heterocycles. The lowest BCUT2D eigenvalue weighted by Gasteiger charge is -2.18. The summed E-state index contributed by atoms with van der Waals surface area (Å²) < 4.78 is 2.94. The lowest BCUT2D eigenvalue weighted by molar-refractivity contribution is 0.754. The maximum Gasteiger partial charge on any atom is 0.128 e. The van der Waals surface area contributed by atoms with E-state index in [-0.39, 0.29) is 0 Å². The number of aromatic nitrogens is 3. The van der Waals surface area contributed by atoms with Gasteiger partial charge in [-0.15, -0.1) is 0 Å². The lowest BCUT2D eigenvalue weighted by atomic mass is 10.0. The molecule has 19 heavy (non-hydrogen) atoms. The van der Waals surface area contributed by atoms with Crippen LogP contribution in [0, 0.1) is 6.92 Å². The Labute approximate surface area is 121 Å². The van der Waals surface area contributed by atoms with E-state index in [0.29, 0.717) is 5.92 Å². The Balaban J connectivity index is 1.76. The number of hydrogen-bond donors (Lipinski definition) is 0. The van der Waals surface area contributed by atoms with E-state index in [1.54, 1.807) is 0 Å². The van der Waals surface area contributed by atoms with Crippen molar-refractivity contribution >= 4 is 21.7 Å². The first-order valence-electron chi connectivity index (χ1n) is 6.50. The summed E-state index contributed by atoms with van der Waals surface area (Å²) >= 11 is 3.50. The Hall–Kier alpha value is -1.36. The van der Waals surface area contributed by atoms with Gasteiger partial charge >= 0.3 is 0 Å². The highest BCUT2D eigenvalue weighted by atomic mass is 79.9. The standard InChI is InChI=1S/C14H17BrN4/c1-10-13(15)3-4-14(17-10)19-6-5-11(9-19)12-7-16-18(2)8-12/h3-4,7-8,11H,5-6,9H2,1-2H3/t11-/m1/s1. The van der Waals surface area contributed by atoms with E-state index in [9.17, 15) is 0 Å². The quantitative estimate of drug-likeness (QED) is 0.853. The molecule has 5 heteroatoms. The first-order chi connectivity index (χ1) is 9.13. The molecule has 2 aromatic heterocycles. The van der Waals surface area contributed by atoms with Gasteiger partial charge in [0.05, 0.1) is 11.9 Å². The Morgan fingerprint density at radius 2 is 2.21 bits per heavy atom. The Morgan fingerprint density at radius 1 is 1.37 bits per heavy atom. The van der Waals surface area contributed by atoms with Gasteiger partial charge in [-0.3, -0.25) is 4.68 Å². The molecule has 0 aromatic carbocycles. The number of anilines is 1. The summed E-state index contributed by atoms with van der Waals surface area (Å²) in [5, 5.41) is 4.26. The van der Waals surface area contributed by atoms with Crippen molar-refractivity contribution in [2.45, 2.75) is 19.3 Å². The minimum atomic E-state index is 0.569. The fourth-order valence-corrected chi connectivity index (χ4v) is 2.82. The molecule has 1 aliphatic rings. The molecule has 3 rings (SSSR count). The van der Waals surface area contributed by atoms with Crippen molar-refractivity contribution in [1.29, 1.82) is 0 Å². The van der Waals surface area contributed by atoms with E-state index in [0.717, 1.165) is 29.1 Å². The number of rotatable bonds is 2. The van der Waals surface area contributed by atoms with Gasteiger partial charge in [-0.05, 0) is 47.0 Å². The average Bonchev–Trinajstić information content (AvgIpc) is 3.01. The molecular weight excluding hydrogens is 304 g/mol. The fourth-order valence-electron chi connectivity index (χ4n) is 2.60. The molecule has 3 heterocycles. The molecule has 0 unspecified atom stereocenters. The van der Waals surface area contributed by atoms with Crippen LogP contribution in [0.5, 0.6) is 0 Å². The van der Waals surface area contributed by atoms with Crippen LogP contribution in [-0.2, 0) is 7.05 Å². The Bertz CT molecular complexity index is 593. The highest BCUT2D eigenvalue weighted by Gasteiger charge is 2.25. The van der Waals surface area contributed by atoms with Crippen LogP contribution in [0.1, 0.15) is 23.6 Å². The van der Waals surface area contributed by atoms with Crippen LogP contribution in [0.3, 0.4) is 0 Å². The van der Waals surface area contributed by atoms with Crippen LogP contribution in [0.25, 0.3) is 0 Å². The summed E-state index contributed by atoms with van der Waals surface area (Å²) in [6.45, 7) is 4.12. The molecule has 0 saturated carbocycles. The number of hydrogen-bond acceptors (Lipinski definition) is 3. The number of pyridine rings is 1. The van der Waals surface area contributed by atoms with Crippen molar-refractivity contribution in [3.63, 3.8) is 0 Å². The third-order valence-corrected chi connectivity index (χ3v) is 4.55. The second kappa shape index (κ2) is 4.96. The average molecular weight is 321 g/mol. The summed E-state index contributed by atoms with van der Waals surface area (Å²) in [6.07, 6.45) is 5.27. The molecule has 1 aliphatic heterocycles. The third-order valence-electron chi connectivity index (χ3n) is 3.72. The minimum absolute atomic E-state index is 0.569. The van der Waals surface area contributed by atoms with Crippen LogP contribution in [0.2, 0.25) is 0 Å². The molecule has 2 aromatic rings. The monoisotopic (exact) mass is 320 g/mol. The number of halogens is 1. The Kier molecular flexibility index (Phi) is 3.31. The van der Waals surface area contributed by atoms with Gasteiger partial charge < -0.3 is 4.90 Å². The predicted molar refractivity (Wildman–Crippen MR) is 79.5 cm³/mol. The van der Waals surface area contributed by atoms with Crippen molar-refractivity contribution in [2.24, 2.45) is 7.05 Å². The van der Waals surface area contributed by atoms with E-state index in [1.165, 1.54) is 12.0 Å². The molecular formula is C14H17BrN4. The largest absolute Gasteiger partial charge is 0.356 e. The fraction of sp³-hybridized carbons (Fsp3) is 0.429. The maximum absolute atomic E-state index is 4.65. The SMILES string of the molecule is Cc1nc(N2CC[C@@H](c3cnn(C)c3)C2)ccc1Br. The summed E-state index contributed by atoms with van der Waals surface area (Å²) in [5.41, 5.74) is 2.38. The van der Waals surface area contributed by atoms with Gasteiger partial charge in [0, 0.05) is 36.7 Å². The van der Waals surface area contributed by atoms with Crippen LogP contribution in [0.4, 0.5) is 5.82 Å². The molecule has 100 valence electrons. The van der Waals surface area contributed by atoms with E-state index in [2.05, 4.69) is 49.2 Å². The Morgan fingerprint density at radius 3 is 2.89 bits per heavy atom. The van der Waals surface area contributed by atoms with Crippen LogP contribution in [0.15, 0.2) is 29.0 Å². The van der Waals surface area contributed by atoms with E-state index in [1.807, 2.05) is 24.9 Å². The summed E-state index contributed by atoms with van der Waals surface area (Å²) in [6, 6.07) is 4.16. The highest BCUT2D eigenvalue weighted by molar-refractivity contribution is 9.10. The molecule has 0 N–H and O–H groups in total. The molecule has 0 spiro atoms. The molecule has 0 radical (unpaired) electrons. The van der Waals surface area contributed by atoms with E-state index in [4.69, 9.17) is 0 Å². The highest BCUT2D eigenvalue weighted by Crippen LogP contribution is 2.30. The van der Waals surface area contributed by atoms with Crippen molar-refractivity contribution < 1.29 is 0 Å². The molecule has 0 bridgehead atoms. The molecule has 4 nitrogen and oxygen atoms in total. The van der Waals surface area contributed by atoms with Gasteiger partial charge in [0.1, 0.15) is 5.82 Å². The zero-order valence-electron chi connectivity index (χ0n) is 11.2. The summed E-state index contributed by atoms with van der Waals surface area (Å²) in [4.78, 5) is 7.00. The number of aryl methyl sites for hydroxylation is 2. The smallest absolute Gasteiger partial charge is 0.128 e. The molecule has 0 aliphatic carbocycles. The van der Waals surface area contributed by atoms with Gasteiger partial charge in [-0.25, -0.2) is 4.98 Å². The van der Waals surface area contributed by atoms with Crippen molar-refractivity contribution in [3.8, 4) is 0 Å². The van der Waals surface area contributed by atoms with Gasteiger partial charge in [0.25, 0.3) is 0 Å². The van der Waals surface area contributed by atoms with Crippen LogP contribution in [-0.4, -0.2) is 27.9 Å². The number of nitrogens with zero attached hydrogens (tertiary/aromatic N) is 4.